The van der Waals surface area contributed by atoms with Crippen LogP contribution in [0.25, 0.3) is 0 Å². The maximum atomic E-state index is 13.3. The van der Waals surface area contributed by atoms with E-state index in [2.05, 4.69) is 29.8 Å². The van der Waals surface area contributed by atoms with Gasteiger partial charge >= 0.3 is 0 Å². The SMILES string of the molecule is Cc1sc2c(c1C)C(c1ccc(Cl)cc1)=N[C@@H](CC(=O)NCCCCNc1cccc3c1C(=O)N(C1CCC(=O)NC1=O)C3=O)C(N)N2C(C)N. The van der Waals surface area contributed by atoms with Gasteiger partial charge in [-0.25, -0.2) is 0 Å². The zero-order valence-corrected chi connectivity index (χ0v) is 30.2. The van der Waals surface area contributed by atoms with E-state index in [9.17, 15) is 24.0 Å². The van der Waals surface area contributed by atoms with Gasteiger partial charge in [-0.15, -0.1) is 11.3 Å². The molecule has 13 nitrogen and oxygen atoms in total. The molecule has 4 heterocycles. The molecule has 0 spiro atoms. The number of nitrogens with zero attached hydrogens (tertiary/aromatic N) is 3. The summed E-state index contributed by atoms with van der Waals surface area (Å²) in [6.07, 6.45) is 0.428. The van der Waals surface area contributed by atoms with Crippen LogP contribution in [0.5, 0.6) is 0 Å². The molecular weight excluding hydrogens is 692 g/mol. The van der Waals surface area contributed by atoms with Crippen LogP contribution >= 0.6 is 22.9 Å². The summed E-state index contributed by atoms with van der Waals surface area (Å²) in [5, 5.41) is 9.97. The number of hydrogen-bond acceptors (Lipinski definition) is 11. The van der Waals surface area contributed by atoms with Crippen LogP contribution in [0.3, 0.4) is 0 Å². The topological polar surface area (TPSA) is 192 Å². The third kappa shape index (κ3) is 7.13. The number of halogens is 1. The summed E-state index contributed by atoms with van der Waals surface area (Å²) in [5.41, 5.74) is 17.9. The largest absolute Gasteiger partial charge is 0.384 e. The predicted octanol–water partition coefficient (Wildman–Crippen LogP) is 3.43. The van der Waals surface area contributed by atoms with Crippen molar-refractivity contribution in [3.8, 4) is 0 Å². The number of aryl methyl sites for hydroxylation is 1. The van der Waals surface area contributed by atoms with Gasteiger partial charge in [0.15, 0.2) is 0 Å². The van der Waals surface area contributed by atoms with Crippen LogP contribution in [0.4, 0.5) is 10.7 Å². The number of imide groups is 2. The summed E-state index contributed by atoms with van der Waals surface area (Å²) in [6.45, 7) is 6.87. The van der Waals surface area contributed by atoms with Crippen LogP contribution in [0.1, 0.15) is 81.3 Å². The Bertz CT molecular complexity index is 1930. The van der Waals surface area contributed by atoms with Gasteiger partial charge in [0.1, 0.15) is 17.2 Å². The van der Waals surface area contributed by atoms with Gasteiger partial charge < -0.3 is 27.0 Å². The highest BCUT2D eigenvalue weighted by atomic mass is 35.5. The van der Waals surface area contributed by atoms with E-state index in [4.69, 9.17) is 28.1 Å². The van der Waals surface area contributed by atoms with Crippen molar-refractivity contribution in [2.24, 2.45) is 16.5 Å². The van der Waals surface area contributed by atoms with Crippen molar-refractivity contribution in [2.45, 2.75) is 77.3 Å². The number of nitrogens with one attached hydrogen (secondary N) is 3. The minimum absolute atomic E-state index is 0.0527. The molecule has 1 fully saturated rings. The monoisotopic (exact) mass is 732 g/mol. The number of unbranched alkanes of at least 4 members (excludes halogenated alkanes) is 1. The van der Waals surface area contributed by atoms with Gasteiger partial charge in [0, 0.05) is 46.2 Å². The first-order valence-corrected chi connectivity index (χ1v) is 18.2. The molecule has 3 aliphatic rings. The van der Waals surface area contributed by atoms with Gasteiger partial charge in [-0.1, -0.05) is 29.8 Å². The van der Waals surface area contributed by atoms with Crippen LogP contribution in [0.15, 0.2) is 47.5 Å². The number of aliphatic imine (C=N–C) groups is 1. The van der Waals surface area contributed by atoms with E-state index in [-0.39, 0.29) is 36.3 Å². The number of hydrogen-bond donors (Lipinski definition) is 5. The molecule has 0 radical (unpaired) electrons. The lowest BCUT2D eigenvalue weighted by molar-refractivity contribution is -0.136. The lowest BCUT2D eigenvalue weighted by Crippen LogP contribution is -2.56. The Labute approximate surface area is 304 Å². The minimum Gasteiger partial charge on any atom is -0.384 e. The van der Waals surface area contributed by atoms with Crippen LogP contribution in [0.2, 0.25) is 5.02 Å². The van der Waals surface area contributed by atoms with Crippen molar-refractivity contribution >= 4 is 68.9 Å². The van der Waals surface area contributed by atoms with Gasteiger partial charge in [-0.2, -0.15) is 0 Å². The molecule has 6 rings (SSSR count). The standard InChI is InChI=1S/C36H41ClN8O5S/c1-18-19(2)51-36-29(18)31(21-9-11-22(37)12-10-21)42-25(32(39)44(36)20(3)38)17-28(47)41-16-5-4-15-40-24-8-6-7-23-30(24)35(50)45(34(23)49)26-13-14-27(46)43-33(26)48/h6-12,20,25-26,32,40H,4-5,13-17,38-39H2,1-3H3,(H,41,47)(H,43,46,48)/t20?,25-,26?,32?/m0/s1. The molecule has 0 saturated carbocycles. The zero-order chi connectivity index (χ0) is 36.6. The number of thiophene rings is 1. The second-order valence-electron chi connectivity index (χ2n) is 13.0. The molecular formula is C36H41ClN8O5S. The first-order valence-electron chi connectivity index (χ1n) is 17.0. The van der Waals surface area contributed by atoms with Crippen LogP contribution in [0, 0.1) is 13.8 Å². The second kappa shape index (κ2) is 14.9. The van der Waals surface area contributed by atoms with Gasteiger partial charge in [0.05, 0.1) is 35.5 Å². The van der Waals surface area contributed by atoms with Gasteiger partial charge in [-0.3, -0.25) is 39.2 Å². The Balaban J connectivity index is 1.07. The number of carbonyl (C=O) groups is 5. The van der Waals surface area contributed by atoms with Crippen molar-refractivity contribution < 1.29 is 24.0 Å². The summed E-state index contributed by atoms with van der Waals surface area (Å²) in [5.74, 6) is -2.39. The smallest absolute Gasteiger partial charge is 0.264 e. The quantitative estimate of drug-likeness (QED) is 0.145. The summed E-state index contributed by atoms with van der Waals surface area (Å²) in [7, 11) is 0. The normalized spacial score (nSPS) is 20.7. The average molecular weight is 733 g/mol. The molecule has 15 heteroatoms. The maximum absolute atomic E-state index is 13.3. The Morgan fingerprint density at radius 3 is 2.49 bits per heavy atom. The first-order chi connectivity index (χ1) is 24.4. The van der Waals surface area contributed by atoms with Crippen LogP contribution in [-0.4, -0.2) is 77.7 Å². The molecule has 0 aliphatic carbocycles. The number of fused-ring (bicyclic) bond motifs is 2. The molecule has 7 N–H and O–H groups in total. The van der Waals surface area contributed by atoms with Gasteiger partial charge in [0.25, 0.3) is 11.8 Å². The van der Waals surface area contributed by atoms with Crippen molar-refractivity contribution in [1.82, 2.24) is 15.5 Å². The molecule has 5 amide bonds. The molecule has 4 atom stereocenters. The zero-order valence-electron chi connectivity index (χ0n) is 28.6. The lowest BCUT2D eigenvalue weighted by atomic mass is 9.99. The number of rotatable bonds is 11. The highest BCUT2D eigenvalue weighted by Gasteiger charge is 2.45. The van der Waals surface area contributed by atoms with E-state index in [1.54, 1.807) is 29.5 Å². The third-order valence-corrected chi connectivity index (χ3v) is 11.0. The van der Waals surface area contributed by atoms with Gasteiger partial charge in [-0.05, 0) is 69.9 Å². The fourth-order valence-corrected chi connectivity index (χ4v) is 8.19. The highest BCUT2D eigenvalue weighted by Crippen LogP contribution is 2.41. The molecule has 3 aromatic rings. The number of amides is 5. The molecule has 51 heavy (non-hydrogen) atoms. The Kier molecular flexibility index (Phi) is 10.6. The summed E-state index contributed by atoms with van der Waals surface area (Å²) >= 11 is 7.81. The summed E-state index contributed by atoms with van der Waals surface area (Å²) in [6, 6.07) is 10.8. The summed E-state index contributed by atoms with van der Waals surface area (Å²) in [4.78, 5) is 72.9. The lowest BCUT2D eigenvalue weighted by Gasteiger charge is -2.35. The van der Waals surface area contributed by atoms with E-state index in [1.807, 2.05) is 36.1 Å². The number of nitrogens with two attached hydrogens (primary N) is 2. The Morgan fingerprint density at radius 1 is 1.06 bits per heavy atom. The molecule has 3 unspecified atom stereocenters. The molecule has 2 aromatic carbocycles. The number of benzene rings is 2. The van der Waals surface area contributed by atoms with E-state index in [0.717, 1.165) is 37.2 Å². The molecule has 268 valence electrons. The number of piperidine rings is 1. The van der Waals surface area contributed by atoms with Crippen LogP contribution < -0.4 is 32.3 Å². The van der Waals surface area contributed by atoms with E-state index >= 15 is 0 Å². The Morgan fingerprint density at radius 2 is 1.78 bits per heavy atom. The van der Waals surface area contributed by atoms with E-state index in [0.29, 0.717) is 36.6 Å². The maximum Gasteiger partial charge on any atom is 0.264 e. The van der Waals surface area contributed by atoms with E-state index < -0.39 is 48.0 Å². The van der Waals surface area contributed by atoms with Crippen LogP contribution in [-0.2, 0) is 14.4 Å². The fourth-order valence-electron chi connectivity index (χ4n) is 6.77. The average Bonchev–Trinajstić information content (AvgIpc) is 3.47. The van der Waals surface area contributed by atoms with Crippen molar-refractivity contribution in [1.29, 1.82) is 0 Å². The molecule has 3 aliphatic heterocycles. The van der Waals surface area contributed by atoms with Crippen molar-refractivity contribution in [2.75, 3.05) is 23.3 Å². The molecule has 1 aromatic heterocycles. The number of anilines is 2. The second-order valence-corrected chi connectivity index (χ2v) is 14.7. The van der Waals surface area contributed by atoms with Gasteiger partial charge in [0.2, 0.25) is 17.7 Å². The molecule has 0 bridgehead atoms. The predicted molar refractivity (Wildman–Crippen MR) is 197 cm³/mol. The Hall–Kier alpha value is -4.63. The molecule has 1 saturated heterocycles. The van der Waals surface area contributed by atoms with E-state index in [1.165, 1.54) is 0 Å². The number of carbonyl (C=O) groups excluding carboxylic acids is 5. The highest BCUT2D eigenvalue weighted by molar-refractivity contribution is 7.16. The van der Waals surface area contributed by atoms with Crippen molar-refractivity contribution in [3.63, 3.8) is 0 Å². The summed E-state index contributed by atoms with van der Waals surface area (Å²) < 4.78 is 0. The first kappa shape index (κ1) is 36.2. The third-order valence-electron chi connectivity index (χ3n) is 9.51. The fraction of sp³-hybridized carbons (Fsp3) is 0.389. The van der Waals surface area contributed by atoms with Crippen molar-refractivity contribution in [3.05, 3.63) is 80.2 Å². The minimum atomic E-state index is -1.03.